The van der Waals surface area contributed by atoms with Gasteiger partial charge in [0.1, 0.15) is 18.5 Å². The summed E-state index contributed by atoms with van der Waals surface area (Å²) >= 11 is 0. The number of nitrogens with zero attached hydrogens (tertiary/aromatic N) is 6. The van der Waals surface area contributed by atoms with E-state index in [1.165, 1.54) is 18.5 Å². The Morgan fingerprint density at radius 3 is 2.50 bits per heavy atom. The lowest BCUT2D eigenvalue weighted by molar-refractivity contribution is 0.292. The monoisotopic (exact) mass is 376 g/mol. The van der Waals surface area contributed by atoms with Crippen LogP contribution in [0.5, 0.6) is 5.88 Å². The highest BCUT2D eigenvalue weighted by atomic mass is 16.5. The maximum absolute atomic E-state index is 5.98. The molecule has 5 rings (SSSR count). The third kappa shape index (κ3) is 3.56. The zero-order valence-electron chi connectivity index (χ0n) is 16.1. The predicted octanol–water partition coefficient (Wildman–Crippen LogP) is 2.84. The third-order valence-corrected chi connectivity index (χ3v) is 5.49. The van der Waals surface area contributed by atoms with E-state index in [2.05, 4.69) is 47.9 Å². The standard InChI is InChI=1S/C21H24N6O/c1-15-10-20(24-13-22-15)27-8-6-26(7-9-27)17-4-5-19-18(11-17)21(25-14-23-19)28-12-16-2-3-16/h4-5,10-11,13-14,16H,2-3,6-9,12H2,1H3. The summed E-state index contributed by atoms with van der Waals surface area (Å²) in [6.45, 7) is 6.52. The highest BCUT2D eigenvalue weighted by Gasteiger charge is 2.23. The van der Waals surface area contributed by atoms with E-state index in [0.29, 0.717) is 11.8 Å². The molecular weight excluding hydrogens is 352 g/mol. The molecule has 1 aliphatic carbocycles. The number of aromatic nitrogens is 4. The molecule has 1 aliphatic heterocycles. The second-order valence-corrected chi connectivity index (χ2v) is 7.63. The molecule has 0 unspecified atom stereocenters. The lowest BCUT2D eigenvalue weighted by Crippen LogP contribution is -2.46. The number of anilines is 2. The van der Waals surface area contributed by atoms with Gasteiger partial charge in [-0.25, -0.2) is 19.9 Å². The first-order valence-corrected chi connectivity index (χ1v) is 9.92. The van der Waals surface area contributed by atoms with E-state index in [0.717, 1.165) is 55.2 Å². The predicted molar refractivity (Wildman–Crippen MR) is 109 cm³/mol. The van der Waals surface area contributed by atoms with E-state index in [-0.39, 0.29) is 0 Å². The fourth-order valence-electron chi connectivity index (χ4n) is 3.62. The molecule has 2 aliphatic rings. The van der Waals surface area contributed by atoms with Crippen molar-refractivity contribution in [1.29, 1.82) is 0 Å². The van der Waals surface area contributed by atoms with Gasteiger partial charge in [0.05, 0.1) is 17.5 Å². The van der Waals surface area contributed by atoms with Gasteiger partial charge in [0.25, 0.3) is 0 Å². The molecule has 0 spiro atoms. The van der Waals surface area contributed by atoms with Gasteiger partial charge in [-0.1, -0.05) is 0 Å². The van der Waals surface area contributed by atoms with Gasteiger partial charge in [-0.3, -0.25) is 0 Å². The minimum atomic E-state index is 0.701. The minimum Gasteiger partial charge on any atom is -0.477 e. The van der Waals surface area contributed by atoms with Crippen LogP contribution in [0.3, 0.4) is 0 Å². The number of hydrogen-bond donors (Lipinski definition) is 0. The molecule has 0 N–H and O–H groups in total. The Kier molecular flexibility index (Phi) is 4.43. The van der Waals surface area contributed by atoms with E-state index in [9.17, 15) is 0 Å². The molecule has 7 nitrogen and oxygen atoms in total. The Bertz CT molecular complexity index is 982. The average molecular weight is 376 g/mol. The van der Waals surface area contributed by atoms with Crippen molar-refractivity contribution in [2.24, 2.45) is 5.92 Å². The molecule has 2 fully saturated rings. The fourth-order valence-corrected chi connectivity index (χ4v) is 3.62. The Morgan fingerprint density at radius 1 is 0.929 bits per heavy atom. The quantitative estimate of drug-likeness (QED) is 0.678. The van der Waals surface area contributed by atoms with Gasteiger partial charge in [0, 0.05) is 43.6 Å². The molecule has 0 radical (unpaired) electrons. The van der Waals surface area contributed by atoms with Crippen molar-refractivity contribution in [2.45, 2.75) is 19.8 Å². The van der Waals surface area contributed by atoms with Crippen LogP contribution in [0.1, 0.15) is 18.5 Å². The summed E-state index contributed by atoms with van der Waals surface area (Å²) < 4.78 is 5.98. The van der Waals surface area contributed by atoms with Crippen molar-refractivity contribution in [1.82, 2.24) is 19.9 Å². The smallest absolute Gasteiger partial charge is 0.224 e. The molecule has 7 heteroatoms. The van der Waals surface area contributed by atoms with Crippen LogP contribution >= 0.6 is 0 Å². The van der Waals surface area contributed by atoms with Gasteiger partial charge >= 0.3 is 0 Å². The Labute approximate surface area is 164 Å². The Hall–Kier alpha value is -2.96. The van der Waals surface area contributed by atoms with E-state index >= 15 is 0 Å². The molecule has 0 amide bonds. The second kappa shape index (κ2) is 7.22. The summed E-state index contributed by atoms with van der Waals surface area (Å²) in [6.07, 6.45) is 5.77. The van der Waals surface area contributed by atoms with Crippen LogP contribution in [0, 0.1) is 12.8 Å². The molecule has 28 heavy (non-hydrogen) atoms. The first-order valence-electron chi connectivity index (χ1n) is 9.92. The molecule has 1 saturated carbocycles. The van der Waals surface area contributed by atoms with Gasteiger partial charge in [-0.05, 0) is 43.9 Å². The van der Waals surface area contributed by atoms with Gasteiger partial charge in [0.2, 0.25) is 5.88 Å². The van der Waals surface area contributed by atoms with E-state index in [1.54, 1.807) is 12.7 Å². The van der Waals surface area contributed by atoms with Gasteiger partial charge in [0.15, 0.2) is 0 Å². The van der Waals surface area contributed by atoms with E-state index < -0.39 is 0 Å². The Morgan fingerprint density at radius 2 is 1.71 bits per heavy atom. The normalized spacial score (nSPS) is 17.2. The van der Waals surface area contributed by atoms with Crippen LogP contribution < -0.4 is 14.5 Å². The largest absolute Gasteiger partial charge is 0.477 e. The summed E-state index contributed by atoms with van der Waals surface area (Å²) in [5.74, 6) is 2.41. The van der Waals surface area contributed by atoms with Crippen LogP contribution in [0.25, 0.3) is 10.9 Å². The molecule has 1 aromatic carbocycles. The minimum absolute atomic E-state index is 0.701. The second-order valence-electron chi connectivity index (χ2n) is 7.63. The van der Waals surface area contributed by atoms with Crippen LogP contribution in [0.2, 0.25) is 0 Å². The lowest BCUT2D eigenvalue weighted by atomic mass is 10.2. The summed E-state index contributed by atoms with van der Waals surface area (Å²) in [6, 6.07) is 8.43. The molecule has 144 valence electrons. The number of aryl methyl sites for hydroxylation is 1. The van der Waals surface area contributed by atoms with Crippen molar-refractivity contribution >= 4 is 22.4 Å². The maximum atomic E-state index is 5.98. The van der Waals surface area contributed by atoms with E-state index in [1.807, 2.05) is 13.0 Å². The van der Waals surface area contributed by atoms with Crippen LogP contribution in [-0.2, 0) is 0 Å². The van der Waals surface area contributed by atoms with Gasteiger partial charge in [-0.15, -0.1) is 0 Å². The van der Waals surface area contributed by atoms with Crippen molar-refractivity contribution in [3.8, 4) is 5.88 Å². The van der Waals surface area contributed by atoms with E-state index in [4.69, 9.17) is 4.74 Å². The molecule has 0 bridgehead atoms. The molecule has 1 saturated heterocycles. The van der Waals surface area contributed by atoms with Crippen molar-refractivity contribution in [3.63, 3.8) is 0 Å². The SMILES string of the molecule is Cc1cc(N2CCN(c3ccc4ncnc(OCC5CC5)c4c3)CC2)ncn1. The lowest BCUT2D eigenvalue weighted by Gasteiger charge is -2.36. The average Bonchev–Trinajstić information content (AvgIpc) is 3.56. The van der Waals surface area contributed by atoms with Gasteiger partial charge < -0.3 is 14.5 Å². The van der Waals surface area contributed by atoms with Gasteiger partial charge in [-0.2, -0.15) is 0 Å². The number of hydrogen-bond acceptors (Lipinski definition) is 7. The topological polar surface area (TPSA) is 67.3 Å². The summed E-state index contributed by atoms with van der Waals surface area (Å²) in [5, 5.41) is 0.995. The molecule has 3 aromatic rings. The zero-order chi connectivity index (χ0) is 18.9. The molecule has 0 atom stereocenters. The third-order valence-electron chi connectivity index (χ3n) is 5.49. The van der Waals surface area contributed by atoms with Crippen molar-refractivity contribution in [2.75, 3.05) is 42.6 Å². The first kappa shape index (κ1) is 17.2. The number of fused-ring (bicyclic) bond motifs is 1. The number of rotatable bonds is 5. The summed E-state index contributed by atoms with van der Waals surface area (Å²) in [4.78, 5) is 22.1. The van der Waals surface area contributed by atoms with Crippen LogP contribution in [0.4, 0.5) is 11.5 Å². The number of piperazine rings is 1. The fraction of sp³-hybridized carbons (Fsp3) is 0.429. The van der Waals surface area contributed by atoms with Crippen LogP contribution in [0.15, 0.2) is 36.9 Å². The maximum Gasteiger partial charge on any atom is 0.224 e. The van der Waals surface area contributed by atoms with Crippen LogP contribution in [-0.4, -0.2) is 52.7 Å². The van der Waals surface area contributed by atoms with Crippen molar-refractivity contribution in [3.05, 3.63) is 42.6 Å². The number of ether oxygens (including phenoxy) is 1. The van der Waals surface area contributed by atoms with Crippen molar-refractivity contribution < 1.29 is 4.74 Å². The first-order chi connectivity index (χ1) is 13.8. The molecule has 2 aromatic heterocycles. The molecular formula is C21H24N6O. The summed E-state index contributed by atoms with van der Waals surface area (Å²) in [7, 11) is 0. The highest BCUT2D eigenvalue weighted by molar-refractivity contribution is 5.86. The highest BCUT2D eigenvalue weighted by Crippen LogP contribution is 2.32. The summed E-state index contributed by atoms with van der Waals surface area (Å²) in [5.41, 5.74) is 3.12. The number of benzene rings is 1. The Balaban J connectivity index is 1.32. The molecule has 3 heterocycles. The zero-order valence-corrected chi connectivity index (χ0v) is 16.1.